The third-order valence-corrected chi connectivity index (χ3v) is 5.49. The second kappa shape index (κ2) is 6.91. The van der Waals surface area contributed by atoms with Crippen LogP contribution in [0.3, 0.4) is 0 Å². The number of aromatic nitrogens is 2. The Morgan fingerprint density at radius 3 is 2.74 bits per heavy atom. The fraction of sp³-hybridized carbons (Fsp3) is 0.632. The summed E-state index contributed by atoms with van der Waals surface area (Å²) in [5.41, 5.74) is 1.07. The van der Waals surface area contributed by atoms with E-state index in [4.69, 9.17) is 4.74 Å². The lowest BCUT2D eigenvalue weighted by Crippen LogP contribution is -2.40. The largest absolute Gasteiger partial charge is 0.490 e. The summed E-state index contributed by atoms with van der Waals surface area (Å²) in [5.74, 6) is 1.93. The molecule has 1 aliphatic carbocycles. The third-order valence-electron chi connectivity index (χ3n) is 5.49. The molecular formula is C19H27N3O. The molecule has 0 atom stereocenters. The quantitative estimate of drug-likeness (QED) is 0.928. The monoisotopic (exact) mass is 313 g/mol. The van der Waals surface area contributed by atoms with Crippen LogP contribution >= 0.6 is 0 Å². The SMILES string of the molecule is c1cc2[nH]ncc2cc1OC1CCN(CC2CCCCC2)CC1. The fourth-order valence-corrected chi connectivity index (χ4v) is 4.13. The Bertz CT molecular complexity index is 624. The second-order valence-corrected chi connectivity index (χ2v) is 7.24. The lowest BCUT2D eigenvalue weighted by atomic mass is 9.88. The van der Waals surface area contributed by atoms with Crippen molar-refractivity contribution in [3.05, 3.63) is 24.4 Å². The van der Waals surface area contributed by atoms with Crippen LogP contribution < -0.4 is 4.74 Å². The van der Waals surface area contributed by atoms with Crippen molar-refractivity contribution in [1.82, 2.24) is 15.1 Å². The minimum Gasteiger partial charge on any atom is -0.490 e. The van der Waals surface area contributed by atoms with Gasteiger partial charge in [-0.1, -0.05) is 19.3 Å². The van der Waals surface area contributed by atoms with E-state index in [0.29, 0.717) is 6.10 Å². The molecular weight excluding hydrogens is 286 g/mol. The summed E-state index contributed by atoms with van der Waals surface area (Å²) in [5, 5.41) is 8.17. The van der Waals surface area contributed by atoms with Crippen molar-refractivity contribution in [1.29, 1.82) is 0 Å². The molecule has 4 nitrogen and oxygen atoms in total. The average Bonchev–Trinajstić information content (AvgIpc) is 3.05. The number of ether oxygens (including phenoxy) is 1. The first-order chi connectivity index (χ1) is 11.4. The van der Waals surface area contributed by atoms with Gasteiger partial charge < -0.3 is 9.64 Å². The molecule has 4 heteroatoms. The van der Waals surface area contributed by atoms with Crippen LogP contribution in [0.4, 0.5) is 0 Å². The van der Waals surface area contributed by atoms with Crippen LogP contribution in [0.2, 0.25) is 0 Å². The van der Waals surface area contributed by atoms with Gasteiger partial charge in [0.1, 0.15) is 11.9 Å². The van der Waals surface area contributed by atoms with E-state index >= 15 is 0 Å². The standard InChI is InChI=1S/C19H27N3O/c1-2-4-15(5-3-1)14-22-10-8-17(9-11-22)23-18-6-7-19-16(12-18)13-20-21-19/h6-7,12-13,15,17H,1-5,8-11,14H2,(H,20,21). The molecule has 2 heterocycles. The maximum atomic E-state index is 6.20. The number of nitrogens with zero attached hydrogens (tertiary/aromatic N) is 2. The van der Waals surface area contributed by atoms with Crippen molar-refractivity contribution in [3.8, 4) is 5.75 Å². The number of hydrogen-bond donors (Lipinski definition) is 1. The molecule has 0 amide bonds. The minimum absolute atomic E-state index is 0.363. The van der Waals surface area contributed by atoms with Gasteiger partial charge in [0.15, 0.2) is 0 Å². The van der Waals surface area contributed by atoms with Crippen LogP contribution in [0.1, 0.15) is 44.9 Å². The van der Waals surface area contributed by atoms with Crippen molar-refractivity contribution < 1.29 is 4.74 Å². The van der Waals surface area contributed by atoms with Gasteiger partial charge in [-0.3, -0.25) is 5.10 Å². The van der Waals surface area contributed by atoms with Gasteiger partial charge in [-0.05, 0) is 49.8 Å². The zero-order valence-electron chi connectivity index (χ0n) is 13.8. The highest BCUT2D eigenvalue weighted by molar-refractivity contribution is 5.79. The highest BCUT2D eigenvalue weighted by Gasteiger charge is 2.23. The van der Waals surface area contributed by atoms with Crippen LogP contribution in [0.25, 0.3) is 10.9 Å². The van der Waals surface area contributed by atoms with Crippen LogP contribution in [-0.4, -0.2) is 40.8 Å². The van der Waals surface area contributed by atoms with Gasteiger partial charge in [0.05, 0.1) is 11.7 Å². The zero-order valence-corrected chi connectivity index (χ0v) is 13.8. The fourth-order valence-electron chi connectivity index (χ4n) is 4.13. The van der Waals surface area contributed by atoms with Crippen molar-refractivity contribution >= 4 is 10.9 Å². The van der Waals surface area contributed by atoms with Crippen molar-refractivity contribution in [2.24, 2.45) is 5.92 Å². The molecule has 0 unspecified atom stereocenters. The maximum absolute atomic E-state index is 6.20. The summed E-state index contributed by atoms with van der Waals surface area (Å²) in [7, 11) is 0. The smallest absolute Gasteiger partial charge is 0.120 e. The Balaban J connectivity index is 1.27. The number of nitrogens with one attached hydrogen (secondary N) is 1. The van der Waals surface area contributed by atoms with E-state index in [2.05, 4.69) is 33.3 Å². The normalized spacial score (nSPS) is 21.7. The Kier molecular flexibility index (Phi) is 4.51. The van der Waals surface area contributed by atoms with E-state index in [1.807, 2.05) is 6.20 Å². The van der Waals surface area contributed by atoms with Gasteiger partial charge >= 0.3 is 0 Å². The summed E-state index contributed by atoms with van der Waals surface area (Å²) in [6.07, 6.45) is 11.8. The van der Waals surface area contributed by atoms with Crippen molar-refractivity contribution in [2.75, 3.05) is 19.6 Å². The lowest BCUT2D eigenvalue weighted by molar-refractivity contribution is 0.0864. The number of benzene rings is 1. The summed E-state index contributed by atoms with van der Waals surface area (Å²) in [4.78, 5) is 2.66. The lowest BCUT2D eigenvalue weighted by Gasteiger charge is -2.35. The first-order valence-electron chi connectivity index (χ1n) is 9.19. The first-order valence-corrected chi connectivity index (χ1v) is 9.19. The molecule has 2 aromatic rings. The highest BCUT2D eigenvalue weighted by atomic mass is 16.5. The van der Waals surface area contributed by atoms with Gasteiger partial charge in [0.25, 0.3) is 0 Å². The van der Waals surface area contributed by atoms with Crippen LogP contribution in [0.15, 0.2) is 24.4 Å². The number of hydrogen-bond acceptors (Lipinski definition) is 3. The molecule has 0 bridgehead atoms. The number of fused-ring (bicyclic) bond motifs is 1. The molecule has 2 fully saturated rings. The molecule has 1 aliphatic heterocycles. The summed E-state index contributed by atoms with van der Waals surface area (Å²) >= 11 is 0. The molecule has 4 rings (SSSR count). The second-order valence-electron chi connectivity index (χ2n) is 7.24. The molecule has 2 aliphatic rings. The Morgan fingerprint density at radius 2 is 1.91 bits per heavy atom. The first kappa shape index (κ1) is 15.0. The van der Waals surface area contributed by atoms with Gasteiger partial charge in [-0.25, -0.2) is 0 Å². The molecule has 1 N–H and O–H groups in total. The van der Waals surface area contributed by atoms with E-state index in [1.165, 1.54) is 51.7 Å². The van der Waals surface area contributed by atoms with Gasteiger partial charge in [0.2, 0.25) is 0 Å². The van der Waals surface area contributed by atoms with Gasteiger partial charge in [-0.15, -0.1) is 0 Å². The predicted octanol–water partition coefficient (Wildman–Crippen LogP) is 3.99. The molecule has 124 valence electrons. The summed E-state index contributed by atoms with van der Waals surface area (Å²) < 4.78 is 6.20. The number of rotatable bonds is 4. The minimum atomic E-state index is 0.363. The Morgan fingerprint density at radius 1 is 1.09 bits per heavy atom. The Hall–Kier alpha value is -1.55. The van der Waals surface area contributed by atoms with Crippen LogP contribution in [0, 0.1) is 5.92 Å². The van der Waals surface area contributed by atoms with E-state index in [1.54, 1.807) is 0 Å². The van der Waals surface area contributed by atoms with Crippen molar-refractivity contribution in [2.45, 2.75) is 51.0 Å². The van der Waals surface area contributed by atoms with E-state index in [-0.39, 0.29) is 0 Å². The highest BCUT2D eigenvalue weighted by Crippen LogP contribution is 2.27. The van der Waals surface area contributed by atoms with Crippen LogP contribution in [0.5, 0.6) is 5.75 Å². The molecule has 0 spiro atoms. The Labute approximate surface area is 138 Å². The topological polar surface area (TPSA) is 41.1 Å². The third kappa shape index (κ3) is 3.69. The average molecular weight is 313 g/mol. The van der Waals surface area contributed by atoms with Gasteiger partial charge in [-0.2, -0.15) is 5.10 Å². The zero-order chi connectivity index (χ0) is 15.5. The maximum Gasteiger partial charge on any atom is 0.120 e. The molecule has 1 saturated heterocycles. The van der Waals surface area contributed by atoms with E-state index in [9.17, 15) is 0 Å². The van der Waals surface area contributed by atoms with E-state index in [0.717, 1.165) is 35.4 Å². The number of aromatic amines is 1. The van der Waals surface area contributed by atoms with Gasteiger partial charge in [0, 0.05) is 25.0 Å². The molecule has 1 aromatic carbocycles. The van der Waals surface area contributed by atoms with Crippen LogP contribution in [-0.2, 0) is 0 Å². The molecule has 1 aromatic heterocycles. The number of likely N-dealkylation sites (tertiary alicyclic amines) is 1. The summed E-state index contributed by atoms with van der Waals surface area (Å²) in [6, 6.07) is 6.19. The predicted molar refractivity (Wildman–Crippen MR) is 92.8 cm³/mol. The molecule has 23 heavy (non-hydrogen) atoms. The van der Waals surface area contributed by atoms with E-state index < -0.39 is 0 Å². The number of H-pyrrole nitrogens is 1. The molecule has 0 radical (unpaired) electrons. The summed E-state index contributed by atoms with van der Waals surface area (Å²) in [6.45, 7) is 3.69. The number of piperidine rings is 1. The van der Waals surface area contributed by atoms with Crippen molar-refractivity contribution in [3.63, 3.8) is 0 Å². The molecule has 1 saturated carbocycles.